The van der Waals surface area contributed by atoms with E-state index < -0.39 is 0 Å². The standard InChI is InChI=1S/C21H37N3S/c1-3-5-7-9-11-19-20(23-25-22-19)21(14-10-8-6-4-2)17-24-15-12-18(21)13-16-24/h18H,3-17H2,1-2H3. The van der Waals surface area contributed by atoms with Crippen molar-refractivity contribution in [1.29, 1.82) is 0 Å². The van der Waals surface area contributed by atoms with Gasteiger partial charge in [-0.05, 0) is 51.1 Å². The van der Waals surface area contributed by atoms with Gasteiger partial charge >= 0.3 is 0 Å². The fourth-order valence-electron chi connectivity index (χ4n) is 5.18. The van der Waals surface area contributed by atoms with Gasteiger partial charge in [0.2, 0.25) is 0 Å². The number of hydrogen-bond donors (Lipinski definition) is 0. The minimum atomic E-state index is 0.317. The van der Waals surface area contributed by atoms with E-state index in [2.05, 4.69) is 18.7 Å². The molecule has 0 amide bonds. The first-order valence-electron chi connectivity index (χ1n) is 10.8. The Hall–Kier alpha value is -0.480. The van der Waals surface area contributed by atoms with E-state index in [0.717, 1.165) is 12.3 Å². The van der Waals surface area contributed by atoms with Gasteiger partial charge in [-0.2, -0.15) is 8.75 Å². The number of aromatic nitrogens is 2. The lowest BCUT2D eigenvalue weighted by molar-refractivity contribution is 0.0144. The van der Waals surface area contributed by atoms with Gasteiger partial charge in [-0.1, -0.05) is 58.8 Å². The van der Waals surface area contributed by atoms with Crippen LogP contribution in [0.5, 0.6) is 0 Å². The molecule has 0 N–H and O–H groups in total. The van der Waals surface area contributed by atoms with Crippen LogP contribution in [0.2, 0.25) is 0 Å². The molecule has 3 aliphatic rings. The highest BCUT2D eigenvalue weighted by molar-refractivity contribution is 6.99. The van der Waals surface area contributed by atoms with Gasteiger partial charge in [0.25, 0.3) is 0 Å². The maximum Gasteiger partial charge on any atom is 0.0852 e. The average Bonchev–Trinajstić information content (AvgIpc) is 3.13. The number of unbranched alkanes of at least 4 members (excludes halogenated alkanes) is 6. The monoisotopic (exact) mass is 363 g/mol. The molecule has 4 heterocycles. The number of aryl methyl sites for hydroxylation is 1. The zero-order valence-electron chi connectivity index (χ0n) is 16.4. The summed E-state index contributed by atoms with van der Waals surface area (Å²) >= 11 is 1.47. The average molecular weight is 364 g/mol. The van der Waals surface area contributed by atoms with Crippen molar-refractivity contribution >= 4 is 11.7 Å². The van der Waals surface area contributed by atoms with Crippen LogP contribution in [0.3, 0.4) is 0 Å². The van der Waals surface area contributed by atoms with Gasteiger partial charge in [-0.3, -0.25) is 0 Å². The molecule has 0 radical (unpaired) electrons. The molecule has 4 heteroatoms. The highest BCUT2D eigenvalue weighted by Crippen LogP contribution is 2.48. The van der Waals surface area contributed by atoms with Crippen LogP contribution >= 0.6 is 11.7 Å². The van der Waals surface area contributed by atoms with Crippen LogP contribution in [0.1, 0.15) is 95.9 Å². The molecular formula is C21H37N3S. The van der Waals surface area contributed by atoms with Crippen molar-refractivity contribution in [3.63, 3.8) is 0 Å². The van der Waals surface area contributed by atoms with Gasteiger partial charge in [-0.25, -0.2) is 0 Å². The largest absolute Gasteiger partial charge is 0.302 e. The summed E-state index contributed by atoms with van der Waals surface area (Å²) in [7, 11) is 0. The Bertz CT molecular complexity index is 507. The summed E-state index contributed by atoms with van der Waals surface area (Å²) in [5.74, 6) is 0.845. The lowest BCUT2D eigenvalue weighted by Crippen LogP contribution is -2.57. The Morgan fingerprint density at radius 1 is 0.960 bits per heavy atom. The van der Waals surface area contributed by atoms with Crippen LogP contribution in [0.15, 0.2) is 0 Å². The molecule has 3 fully saturated rings. The van der Waals surface area contributed by atoms with Gasteiger partial charge in [0, 0.05) is 12.0 Å². The molecule has 142 valence electrons. The third-order valence-corrected chi connectivity index (χ3v) is 7.21. The topological polar surface area (TPSA) is 29.0 Å². The maximum atomic E-state index is 4.93. The van der Waals surface area contributed by atoms with Crippen molar-refractivity contribution in [3.05, 3.63) is 11.4 Å². The molecule has 1 unspecified atom stereocenters. The first-order valence-corrected chi connectivity index (χ1v) is 11.6. The van der Waals surface area contributed by atoms with E-state index >= 15 is 0 Å². The fraction of sp³-hybridized carbons (Fsp3) is 0.905. The highest BCUT2D eigenvalue weighted by atomic mass is 32.1. The number of piperidine rings is 3. The van der Waals surface area contributed by atoms with Gasteiger partial charge in [0.1, 0.15) is 0 Å². The summed E-state index contributed by atoms with van der Waals surface area (Å²) in [5.41, 5.74) is 3.09. The van der Waals surface area contributed by atoms with Crippen LogP contribution < -0.4 is 0 Å². The minimum absolute atomic E-state index is 0.317. The molecule has 3 aliphatic heterocycles. The van der Waals surface area contributed by atoms with E-state index in [1.165, 1.54) is 113 Å². The normalized spacial score (nSPS) is 28.6. The summed E-state index contributed by atoms with van der Waals surface area (Å²) in [5, 5.41) is 0. The van der Waals surface area contributed by atoms with Gasteiger partial charge < -0.3 is 4.90 Å². The summed E-state index contributed by atoms with van der Waals surface area (Å²) in [4.78, 5) is 2.71. The van der Waals surface area contributed by atoms with Crippen molar-refractivity contribution < 1.29 is 0 Å². The Morgan fingerprint density at radius 2 is 1.68 bits per heavy atom. The summed E-state index contributed by atoms with van der Waals surface area (Å²) in [6.07, 6.45) is 16.0. The van der Waals surface area contributed by atoms with Crippen LogP contribution in [-0.4, -0.2) is 33.3 Å². The molecule has 3 saturated heterocycles. The third-order valence-electron chi connectivity index (χ3n) is 6.65. The van der Waals surface area contributed by atoms with Crippen molar-refractivity contribution in [2.75, 3.05) is 19.6 Å². The first-order chi connectivity index (χ1) is 12.3. The van der Waals surface area contributed by atoms with Crippen LogP contribution in [0.25, 0.3) is 0 Å². The zero-order chi connectivity index (χ0) is 17.5. The zero-order valence-corrected chi connectivity index (χ0v) is 17.3. The van der Waals surface area contributed by atoms with Gasteiger partial charge in [0.15, 0.2) is 0 Å². The number of rotatable bonds is 11. The summed E-state index contributed by atoms with van der Waals surface area (Å²) < 4.78 is 9.71. The second-order valence-corrected chi connectivity index (χ2v) is 8.92. The Morgan fingerprint density at radius 3 is 2.32 bits per heavy atom. The van der Waals surface area contributed by atoms with E-state index in [4.69, 9.17) is 8.75 Å². The number of fused-ring (bicyclic) bond motifs is 3. The number of nitrogens with zero attached hydrogens (tertiary/aromatic N) is 3. The molecule has 0 saturated carbocycles. The summed E-state index contributed by atoms with van der Waals surface area (Å²) in [6, 6.07) is 0. The van der Waals surface area contributed by atoms with Gasteiger partial charge in [0.05, 0.1) is 23.1 Å². The van der Waals surface area contributed by atoms with Crippen molar-refractivity contribution in [3.8, 4) is 0 Å². The molecule has 25 heavy (non-hydrogen) atoms. The van der Waals surface area contributed by atoms with E-state index in [1.807, 2.05) is 0 Å². The summed E-state index contributed by atoms with van der Waals surface area (Å²) in [6.45, 7) is 8.46. The van der Waals surface area contributed by atoms with Crippen molar-refractivity contribution in [1.82, 2.24) is 13.6 Å². The molecule has 1 atom stereocenters. The van der Waals surface area contributed by atoms with Crippen molar-refractivity contribution in [2.45, 2.75) is 96.3 Å². The molecule has 3 nitrogen and oxygen atoms in total. The molecule has 4 rings (SSSR count). The molecule has 1 aromatic heterocycles. The van der Waals surface area contributed by atoms with Crippen LogP contribution in [-0.2, 0) is 11.8 Å². The first kappa shape index (κ1) is 19.3. The van der Waals surface area contributed by atoms with Crippen LogP contribution in [0, 0.1) is 5.92 Å². The van der Waals surface area contributed by atoms with E-state index in [0.29, 0.717) is 5.41 Å². The fourth-order valence-corrected chi connectivity index (χ4v) is 5.86. The Kier molecular flexibility index (Phi) is 7.29. The Labute approximate surface area is 158 Å². The van der Waals surface area contributed by atoms with Gasteiger partial charge in [-0.15, -0.1) is 0 Å². The Balaban J connectivity index is 1.74. The quantitative estimate of drug-likeness (QED) is 0.480. The lowest BCUT2D eigenvalue weighted by Gasteiger charge is -2.53. The highest BCUT2D eigenvalue weighted by Gasteiger charge is 2.49. The minimum Gasteiger partial charge on any atom is -0.302 e. The predicted molar refractivity (Wildman–Crippen MR) is 107 cm³/mol. The number of hydrogen-bond acceptors (Lipinski definition) is 4. The SMILES string of the molecule is CCCCCCc1nsnc1C1(CCCCCC)CN2CCC1CC2. The molecule has 0 aliphatic carbocycles. The van der Waals surface area contributed by atoms with Crippen LogP contribution in [0.4, 0.5) is 0 Å². The lowest BCUT2D eigenvalue weighted by atomic mass is 9.62. The maximum absolute atomic E-state index is 4.93. The van der Waals surface area contributed by atoms with E-state index in [9.17, 15) is 0 Å². The van der Waals surface area contributed by atoms with Crippen molar-refractivity contribution in [2.24, 2.45) is 5.92 Å². The second-order valence-electron chi connectivity index (χ2n) is 8.39. The van der Waals surface area contributed by atoms with E-state index in [-0.39, 0.29) is 0 Å². The molecule has 1 aromatic rings. The molecule has 0 aromatic carbocycles. The third kappa shape index (κ3) is 4.44. The molecule has 2 bridgehead atoms. The van der Waals surface area contributed by atoms with E-state index in [1.54, 1.807) is 0 Å². The molecular weight excluding hydrogens is 326 g/mol. The molecule has 0 spiro atoms. The smallest absolute Gasteiger partial charge is 0.0852 e. The predicted octanol–water partition coefficient (Wildman–Crippen LogP) is 5.59. The second kappa shape index (κ2) is 9.45.